The van der Waals surface area contributed by atoms with E-state index in [1.165, 1.54) is 12.0 Å². The van der Waals surface area contributed by atoms with Crippen molar-refractivity contribution in [3.8, 4) is 5.75 Å². The standard InChI is InChI=1S/C14H21F3N2O/c1-3-6-19(10-14(15,16)17)9-11-4-5-12(8-18)13(7-11)20-2/h4-5,7H,3,6,8-10,18H2,1-2H3. The first-order chi connectivity index (χ1) is 9.39. The molecule has 114 valence electrons. The van der Waals surface area contributed by atoms with E-state index in [9.17, 15) is 13.2 Å². The lowest BCUT2D eigenvalue weighted by Gasteiger charge is -2.23. The lowest BCUT2D eigenvalue weighted by molar-refractivity contribution is -0.147. The van der Waals surface area contributed by atoms with E-state index in [0.29, 0.717) is 25.3 Å². The molecular formula is C14H21F3N2O. The van der Waals surface area contributed by atoms with E-state index >= 15 is 0 Å². The Morgan fingerprint density at radius 3 is 2.50 bits per heavy atom. The number of halogens is 3. The highest BCUT2D eigenvalue weighted by Gasteiger charge is 2.30. The van der Waals surface area contributed by atoms with Crippen molar-refractivity contribution in [3.05, 3.63) is 29.3 Å². The third kappa shape index (κ3) is 5.38. The van der Waals surface area contributed by atoms with Crippen LogP contribution in [-0.2, 0) is 13.1 Å². The topological polar surface area (TPSA) is 38.5 Å². The van der Waals surface area contributed by atoms with Gasteiger partial charge in [-0.05, 0) is 24.6 Å². The summed E-state index contributed by atoms with van der Waals surface area (Å²) in [5.74, 6) is 0.619. The summed E-state index contributed by atoms with van der Waals surface area (Å²) in [5, 5.41) is 0. The van der Waals surface area contributed by atoms with Crippen LogP contribution in [0.15, 0.2) is 18.2 Å². The van der Waals surface area contributed by atoms with Gasteiger partial charge in [-0.1, -0.05) is 19.1 Å². The summed E-state index contributed by atoms with van der Waals surface area (Å²) in [5.41, 5.74) is 7.20. The van der Waals surface area contributed by atoms with E-state index in [0.717, 1.165) is 11.1 Å². The molecule has 0 aliphatic rings. The first kappa shape index (κ1) is 16.8. The molecule has 0 radical (unpaired) electrons. The Morgan fingerprint density at radius 1 is 1.30 bits per heavy atom. The van der Waals surface area contributed by atoms with Gasteiger partial charge in [0.1, 0.15) is 5.75 Å². The van der Waals surface area contributed by atoms with Crippen LogP contribution in [0.3, 0.4) is 0 Å². The van der Waals surface area contributed by atoms with E-state index in [2.05, 4.69) is 0 Å². The summed E-state index contributed by atoms with van der Waals surface area (Å²) in [7, 11) is 1.53. The minimum absolute atomic E-state index is 0.245. The maximum absolute atomic E-state index is 12.5. The number of rotatable bonds is 7. The van der Waals surface area contributed by atoms with Gasteiger partial charge in [0, 0.05) is 18.7 Å². The van der Waals surface area contributed by atoms with Gasteiger partial charge in [0.2, 0.25) is 0 Å². The summed E-state index contributed by atoms with van der Waals surface area (Å²) < 4.78 is 42.7. The second kappa shape index (κ2) is 7.50. The Morgan fingerprint density at radius 2 is 2.00 bits per heavy atom. The van der Waals surface area contributed by atoms with E-state index in [4.69, 9.17) is 10.5 Å². The monoisotopic (exact) mass is 290 g/mol. The largest absolute Gasteiger partial charge is 0.496 e. The molecule has 0 heterocycles. The van der Waals surface area contributed by atoms with Gasteiger partial charge in [-0.25, -0.2) is 0 Å². The maximum atomic E-state index is 12.5. The molecule has 0 fully saturated rings. The lowest BCUT2D eigenvalue weighted by Crippen LogP contribution is -2.34. The fourth-order valence-electron chi connectivity index (χ4n) is 2.10. The van der Waals surface area contributed by atoms with Crippen molar-refractivity contribution in [2.24, 2.45) is 5.73 Å². The fraction of sp³-hybridized carbons (Fsp3) is 0.571. The van der Waals surface area contributed by atoms with Crippen molar-refractivity contribution < 1.29 is 17.9 Å². The van der Waals surface area contributed by atoms with Crippen molar-refractivity contribution in [2.75, 3.05) is 20.2 Å². The third-order valence-electron chi connectivity index (χ3n) is 2.92. The Balaban J connectivity index is 2.82. The molecule has 20 heavy (non-hydrogen) atoms. The van der Waals surface area contributed by atoms with Gasteiger partial charge in [-0.2, -0.15) is 13.2 Å². The number of ether oxygens (including phenoxy) is 1. The molecule has 0 saturated heterocycles. The normalized spacial score (nSPS) is 11.9. The van der Waals surface area contributed by atoms with Gasteiger partial charge in [0.25, 0.3) is 0 Å². The second-order valence-corrected chi connectivity index (χ2v) is 4.68. The molecule has 0 unspecified atom stereocenters. The number of nitrogens with two attached hydrogens (primary N) is 1. The predicted molar refractivity (Wildman–Crippen MR) is 72.5 cm³/mol. The number of benzene rings is 1. The van der Waals surface area contributed by atoms with Crippen LogP contribution in [-0.4, -0.2) is 31.3 Å². The first-order valence-electron chi connectivity index (χ1n) is 6.54. The van der Waals surface area contributed by atoms with Crippen LogP contribution in [0.2, 0.25) is 0 Å². The predicted octanol–water partition coefficient (Wildman–Crippen LogP) is 2.93. The van der Waals surface area contributed by atoms with Gasteiger partial charge in [0.05, 0.1) is 13.7 Å². The summed E-state index contributed by atoms with van der Waals surface area (Å²) in [4.78, 5) is 1.39. The quantitative estimate of drug-likeness (QED) is 0.839. The van der Waals surface area contributed by atoms with E-state index in [1.54, 1.807) is 18.2 Å². The molecule has 0 atom stereocenters. The molecule has 0 spiro atoms. The number of methoxy groups -OCH3 is 1. The molecule has 0 amide bonds. The fourth-order valence-corrected chi connectivity index (χ4v) is 2.10. The van der Waals surface area contributed by atoms with Crippen LogP contribution in [0.1, 0.15) is 24.5 Å². The van der Waals surface area contributed by atoms with Gasteiger partial charge in [-0.15, -0.1) is 0 Å². The molecule has 1 rings (SSSR count). The zero-order valence-electron chi connectivity index (χ0n) is 11.8. The summed E-state index contributed by atoms with van der Waals surface area (Å²) in [6.45, 7) is 1.95. The van der Waals surface area contributed by atoms with E-state index in [1.807, 2.05) is 6.92 Å². The van der Waals surface area contributed by atoms with Crippen molar-refractivity contribution in [2.45, 2.75) is 32.6 Å². The molecule has 0 aliphatic heterocycles. The SMILES string of the molecule is CCCN(Cc1ccc(CN)c(OC)c1)CC(F)(F)F. The van der Waals surface area contributed by atoms with Gasteiger partial charge in [-0.3, -0.25) is 4.90 Å². The summed E-state index contributed by atoms with van der Waals surface area (Å²) in [6.07, 6.45) is -3.51. The van der Waals surface area contributed by atoms with Crippen LogP contribution < -0.4 is 10.5 Å². The molecule has 0 bridgehead atoms. The lowest BCUT2D eigenvalue weighted by atomic mass is 10.1. The Bertz CT molecular complexity index is 421. The smallest absolute Gasteiger partial charge is 0.401 e. The van der Waals surface area contributed by atoms with Crippen molar-refractivity contribution >= 4 is 0 Å². The second-order valence-electron chi connectivity index (χ2n) is 4.68. The average molecular weight is 290 g/mol. The average Bonchev–Trinajstić information content (AvgIpc) is 2.37. The van der Waals surface area contributed by atoms with Crippen molar-refractivity contribution in [1.82, 2.24) is 4.90 Å². The number of nitrogens with zero attached hydrogens (tertiary/aromatic N) is 1. The van der Waals surface area contributed by atoms with Crippen LogP contribution in [0.4, 0.5) is 13.2 Å². The summed E-state index contributed by atoms with van der Waals surface area (Å²) >= 11 is 0. The molecule has 2 N–H and O–H groups in total. The highest BCUT2D eigenvalue weighted by molar-refractivity contribution is 5.37. The first-order valence-corrected chi connectivity index (χ1v) is 6.54. The molecule has 1 aromatic rings. The number of alkyl halides is 3. The molecule has 0 aromatic heterocycles. The molecule has 0 saturated carbocycles. The van der Waals surface area contributed by atoms with Crippen LogP contribution >= 0.6 is 0 Å². The maximum Gasteiger partial charge on any atom is 0.401 e. The highest BCUT2D eigenvalue weighted by atomic mass is 19.4. The molecular weight excluding hydrogens is 269 g/mol. The van der Waals surface area contributed by atoms with Crippen LogP contribution in [0.25, 0.3) is 0 Å². The number of hydrogen-bond acceptors (Lipinski definition) is 3. The minimum atomic E-state index is -4.18. The van der Waals surface area contributed by atoms with Gasteiger partial charge >= 0.3 is 6.18 Å². The highest BCUT2D eigenvalue weighted by Crippen LogP contribution is 2.22. The zero-order chi connectivity index (χ0) is 15.2. The third-order valence-corrected chi connectivity index (χ3v) is 2.92. The Kier molecular flexibility index (Phi) is 6.29. The van der Waals surface area contributed by atoms with Crippen LogP contribution in [0.5, 0.6) is 5.75 Å². The number of hydrogen-bond donors (Lipinski definition) is 1. The summed E-state index contributed by atoms with van der Waals surface area (Å²) in [6, 6.07) is 5.34. The molecule has 1 aromatic carbocycles. The Labute approximate surface area is 117 Å². The molecule has 0 aliphatic carbocycles. The van der Waals surface area contributed by atoms with Crippen molar-refractivity contribution in [1.29, 1.82) is 0 Å². The van der Waals surface area contributed by atoms with Crippen LogP contribution in [0, 0.1) is 0 Å². The van der Waals surface area contributed by atoms with E-state index < -0.39 is 12.7 Å². The zero-order valence-corrected chi connectivity index (χ0v) is 11.8. The molecule has 3 nitrogen and oxygen atoms in total. The van der Waals surface area contributed by atoms with Gasteiger partial charge < -0.3 is 10.5 Å². The molecule has 6 heteroatoms. The Hall–Kier alpha value is -1.27. The minimum Gasteiger partial charge on any atom is -0.496 e. The van der Waals surface area contributed by atoms with E-state index in [-0.39, 0.29) is 6.54 Å². The van der Waals surface area contributed by atoms with Gasteiger partial charge in [0.15, 0.2) is 0 Å². The van der Waals surface area contributed by atoms with Crippen molar-refractivity contribution in [3.63, 3.8) is 0 Å².